The van der Waals surface area contributed by atoms with Crippen molar-refractivity contribution in [1.29, 1.82) is 0 Å². The van der Waals surface area contributed by atoms with Crippen LogP contribution in [0.5, 0.6) is 0 Å². The molecule has 31 heavy (non-hydrogen) atoms. The highest BCUT2D eigenvalue weighted by Gasteiger charge is 2.35. The van der Waals surface area contributed by atoms with Crippen molar-refractivity contribution < 1.29 is 39.6 Å². The zero-order valence-electron chi connectivity index (χ0n) is 15.7. The maximum atomic E-state index is 13.1. The molecule has 0 spiro atoms. The number of amides is 1. The number of nitrogens with zero attached hydrogens (tertiary/aromatic N) is 1. The molecular formula is C18H15ClF6N2O3S. The van der Waals surface area contributed by atoms with E-state index in [-0.39, 0.29) is 12.1 Å². The molecule has 170 valence electrons. The van der Waals surface area contributed by atoms with Crippen LogP contribution in [0.15, 0.2) is 42.5 Å². The molecule has 0 saturated carbocycles. The molecule has 1 amide bonds. The van der Waals surface area contributed by atoms with Crippen LogP contribution in [-0.4, -0.2) is 27.1 Å². The fraction of sp³-hybridized carbons (Fsp3) is 0.278. The molecule has 0 unspecified atom stereocenters. The van der Waals surface area contributed by atoms with Gasteiger partial charge in [-0.15, -0.1) is 0 Å². The van der Waals surface area contributed by atoms with Crippen molar-refractivity contribution >= 4 is 33.2 Å². The summed E-state index contributed by atoms with van der Waals surface area (Å²) in [6.45, 7) is -1.24. The fourth-order valence-corrected chi connectivity index (χ4v) is 3.60. The Labute approximate surface area is 178 Å². The summed E-state index contributed by atoms with van der Waals surface area (Å²) in [4.78, 5) is 12.2. The molecule has 0 bridgehead atoms. The topological polar surface area (TPSA) is 66.5 Å². The summed E-state index contributed by atoms with van der Waals surface area (Å²) in [6, 6.07) is 6.44. The Morgan fingerprint density at radius 1 is 1.03 bits per heavy atom. The minimum atomic E-state index is -4.86. The van der Waals surface area contributed by atoms with Gasteiger partial charge < -0.3 is 5.32 Å². The average molecular weight is 489 g/mol. The van der Waals surface area contributed by atoms with E-state index in [0.29, 0.717) is 16.6 Å². The van der Waals surface area contributed by atoms with Crippen LogP contribution < -0.4 is 9.62 Å². The molecule has 0 atom stereocenters. The average Bonchev–Trinajstić information content (AvgIpc) is 2.63. The summed E-state index contributed by atoms with van der Waals surface area (Å²) in [6.07, 6.45) is -8.76. The van der Waals surface area contributed by atoms with Gasteiger partial charge in [0, 0.05) is 6.54 Å². The van der Waals surface area contributed by atoms with Crippen LogP contribution in [0.25, 0.3) is 0 Å². The molecule has 2 aromatic carbocycles. The summed E-state index contributed by atoms with van der Waals surface area (Å²) in [7, 11) is -4.18. The lowest BCUT2D eigenvalue weighted by molar-refractivity contribution is -0.138. The second-order valence-corrected chi connectivity index (χ2v) is 8.72. The maximum absolute atomic E-state index is 13.1. The van der Waals surface area contributed by atoms with E-state index in [1.54, 1.807) is 0 Å². The summed E-state index contributed by atoms with van der Waals surface area (Å²) in [5.41, 5.74) is -2.57. The van der Waals surface area contributed by atoms with E-state index in [1.807, 2.05) is 0 Å². The van der Waals surface area contributed by atoms with E-state index in [0.717, 1.165) is 30.3 Å². The van der Waals surface area contributed by atoms with Crippen LogP contribution in [0.4, 0.5) is 32.0 Å². The SMILES string of the molecule is CS(=O)(=O)N(CC(=O)NCc1cccc(C(F)(F)F)c1)c1ccc(Cl)c(C(F)(F)F)c1. The molecule has 2 rings (SSSR count). The normalized spacial score (nSPS) is 12.5. The van der Waals surface area contributed by atoms with Gasteiger partial charge in [0.1, 0.15) is 6.54 Å². The highest BCUT2D eigenvalue weighted by Crippen LogP contribution is 2.37. The molecule has 13 heteroatoms. The number of rotatable bonds is 6. The van der Waals surface area contributed by atoms with Crippen molar-refractivity contribution in [1.82, 2.24) is 5.32 Å². The standard InChI is InChI=1S/C18H15ClF6N2O3S/c1-31(29,30)27(13-5-6-15(19)14(8-13)18(23,24)25)10-16(28)26-9-11-3-2-4-12(7-11)17(20,21)22/h2-8H,9-10H2,1H3,(H,26,28). The van der Waals surface area contributed by atoms with Crippen LogP contribution in [-0.2, 0) is 33.7 Å². The molecule has 0 saturated heterocycles. The molecule has 0 aromatic heterocycles. The summed E-state index contributed by atoms with van der Waals surface area (Å²) in [5, 5.41) is 1.59. The van der Waals surface area contributed by atoms with Crippen LogP contribution in [0, 0.1) is 0 Å². The van der Waals surface area contributed by atoms with Crippen LogP contribution in [0.1, 0.15) is 16.7 Å². The second-order valence-electron chi connectivity index (χ2n) is 6.41. The number of anilines is 1. The lowest BCUT2D eigenvalue weighted by atomic mass is 10.1. The van der Waals surface area contributed by atoms with Crippen molar-refractivity contribution in [2.24, 2.45) is 0 Å². The Balaban J connectivity index is 2.21. The van der Waals surface area contributed by atoms with Gasteiger partial charge in [-0.2, -0.15) is 26.3 Å². The molecule has 2 aromatic rings. The number of sulfonamides is 1. The van der Waals surface area contributed by atoms with Crippen molar-refractivity contribution in [2.45, 2.75) is 18.9 Å². The number of nitrogens with one attached hydrogen (secondary N) is 1. The third-order valence-electron chi connectivity index (χ3n) is 3.97. The number of benzene rings is 2. The molecule has 0 fully saturated rings. The fourth-order valence-electron chi connectivity index (χ4n) is 2.53. The van der Waals surface area contributed by atoms with Crippen molar-refractivity contribution in [3.63, 3.8) is 0 Å². The first-order chi connectivity index (χ1) is 14.1. The van der Waals surface area contributed by atoms with Gasteiger partial charge in [-0.25, -0.2) is 8.42 Å². The number of hydrogen-bond donors (Lipinski definition) is 1. The molecule has 0 radical (unpaired) electrons. The zero-order valence-corrected chi connectivity index (χ0v) is 17.3. The van der Waals surface area contributed by atoms with Crippen molar-refractivity contribution in [3.05, 3.63) is 64.2 Å². The van der Waals surface area contributed by atoms with E-state index >= 15 is 0 Å². The lowest BCUT2D eigenvalue weighted by Crippen LogP contribution is -2.40. The van der Waals surface area contributed by atoms with Crippen LogP contribution in [0.2, 0.25) is 5.02 Å². The number of carbonyl (C=O) groups is 1. The Bertz CT molecular complexity index is 1070. The first kappa shape index (κ1) is 24.8. The summed E-state index contributed by atoms with van der Waals surface area (Å²) < 4.78 is 102. The Kier molecular flexibility index (Phi) is 7.16. The Hall–Kier alpha value is -2.47. The number of halogens is 7. The van der Waals surface area contributed by atoms with Gasteiger partial charge in [0.15, 0.2) is 0 Å². The van der Waals surface area contributed by atoms with Gasteiger partial charge in [0.05, 0.1) is 28.1 Å². The van der Waals surface area contributed by atoms with E-state index < -0.39 is 56.7 Å². The third kappa shape index (κ3) is 6.76. The molecule has 0 aliphatic heterocycles. The quantitative estimate of drug-likeness (QED) is 0.611. The van der Waals surface area contributed by atoms with Crippen molar-refractivity contribution in [2.75, 3.05) is 17.1 Å². The second kappa shape index (κ2) is 8.95. The molecule has 1 N–H and O–H groups in total. The van der Waals surface area contributed by atoms with Crippen LogP contribution >= 0.6 is 11.6 Å². The van der Waals surface area contributed by atoms with Gasteiger partial charge in [-0.05, 0) is 35.9 Å². The van der Waals surface area contributed by atoms with Crippen molar-refractivity contribution in [3.8, 4) is 0 Å². The summed E-state index contributed by atoms with van der Waals surface area (Å²) >= 11 is 5.52. The molecule has 0 aliphatic carbocycles. The highest BCUT2D eigenvalue weighted by molar-refractivity contribution is 7.92. The highest BCUT2D eigenvalue weighted by atomic mass is 35.5. The largest absolute Gasteiger partial charge is 0.417 e. The Morgan fingerprint density at radius 2 is 1.68 bits per heavy atom. The third-order valence-corrected chi connectivity index (χ3v) is 5.45. The predicted octanol–water partition coefficient (Wildman–Crippen LogP) is 4.46. The Morgan fingerprint density at radius 3 is 2.23 bits per heavy atom. The molecule has 0 aliphatic rings. The van der Waals surface area contributed by atoms with E-state index in [9.17, 15) is 39.6 Å². The van der Waals surface area contributed by atoms with Gasteiger partial charge in [-0.1, -0.05) is 23.7 Å². The minimum Gasteiger partial charge on any atom is -0.350 e. The van der Waals surface area contributed by atoms with E-state index in [1.165, 1.54) is 6.07 Å². The zero-order chi connectivity index (χ0) is 23.6. The number of hydrogen-bond acceptors (Lipinski definition) is 3. The molecule has 5 nitrogen and oxygen atoms in total. The maximum Gasteiger partial charge on any atom is 0.417 e. The van der Waals surface area contributed by atoms with E-state index in [2.05, 4.69) is 5.32 Å². The number of alkyl halides is 6. The monoisotopic (exact) mass is 488 g/mol. The molecule has 0 heterocycles. The lowest BCUT2D eigenvalue weighted by Gasteiger charge is -2.23. The van der Waals surface area contributed by atoms with Gasteiger partial charge in [0.25, 0.3) is 0 Å². The first-order valence-electron chi connectivity index (χ1n) is 8.36. The van der Waals surface area contributed by atoms with Gasteiger partial charge in [0.2, 0.25) is 15.9 Å². The van der Waals surface area contributed by atoms with Gasteiger partial charge >= 0.3 is 12.4 Å². The summed E-state index contributed by atoms with van der Waals surface area (Å²) in [5.74, 6) is -0.939. The first-order valence-corrected chi connectivity index (χ1v) is 10.6. The van der Waals surface area contributed by atoms with E-state index in [4.69, 9.17) is 11.6 Å². The minimum absolute atomic E-state index is 0.0972. The van der Waals surface area contributed by atoms with Crippen LogP contribution in [0.3, 0.4) is 0 Å². The molecular weight excluding hydrogens is 474 g/mol. The van der Waals surface area contributed by atoms with Gasteiger partial charge in [-0.3, -0.25) is 9.10 Å². The number of carbonyl (C=O) groups excluding carboxylic acids is 1. The predicted molar refractivity (Wildman–Crippen MR) is 102 cm³/mol. The smallest absolute Gasteiger partial charge is 0.350 e.